The van der Waals surface area contributed by atoms with E-state index in [1.807, 2.05) is 12.4 Å². The van der Waals surface area contributed by atoms with Crippen molar-refractivity contribution in [3.8, 4) is 0 Å². The van der Waals surface area contributed by atoms with Crippen molar-refractivity contribution in [3.63, 3.8) is 0 Å². The molecule has 0 aromatic carbocycles. The van der Waals surface area contributed by atoms with Gasteiger partial charge >= 0.3 is 0 Å². The molecule has 1 aromatic rings. The molecular weight excluding hydrogens is 196 g/mol. The maximum absolute atomic E-state index is 4.21. The van der Waals surface area contributed by atoms with Gasteiger partial charge in [-0.1, -0.05) is 12.5 Å². The van der Waals surface area contributed by atoms with Crippen molar-refractivity contribution in [2.24, 2.45) is 5.92 Å². The highest BCUT2D eigenvalue weighted by atomic mass is 15.0. The van der Waals surface area contributed by atoms with Crippen molar-refractivity contribution in [2.75, 3.05) is 0 Å². The molecule has 1 N–H and O–H groups in total. The van der Waals surface area contributed by atoms with E-state index in [4.69, 9.17) is 0 Å². The summed E-state index contributed by atoms with van der Waals surface area (Å²) >= 11 is 0. The molecule has 3 rings (SSSR count). The Morgan fingerprint density at radius 3 is 3.12 bits per heavy atom. The van der Waals surface area contributed by atoms with Crippen molar-refractivity contribution in [3.05, 3.63) is 30.1 Å². The van der Waals surface area contributed by atoms with Crippen LogP contribution in [0.4, 0.5) is 0 Å². The first-order valence-electron chi connectivity index (χ1n) is 6.57. The zero-order valence-electron chi connectivity index (χ0n) is 9.73. The van der Waals surface area contributed by atoms with E-state index >= 15 is 0 Å². The monoisotopic (exact) mass is 216 g/mol. The maximum Gasteiger partial charge on any atom is 0.0299 e. The summed E-state index contributed by atoms with van der Waals surface area (Å²) in [5.41, 5.74) is 1.40. The lowest BCUT2D eigenvalue weighted by molar-refractivity contribution is 0.372. The number of nitrogens with zero attached hydrogens (tertiary/aromatic N) is 1. The summed E-state index contributed by atoms with van der Waals surface area (Å²) in [7, 11) is 0. The van der Waals surface area contributed by atoms with E-state index in [0.717, 1.165) is 18.0 Å². The number of fused-ring (bicyclic) bond motifs is 2. The molecule has 0 amide bonds. The summed E-state index contributed by atoms with van der Waals surface area (Å²) in [6.45, 7) is 0. The molecule has 16 heavy (non-hydrogen) atoms. The van der Waals surface area contributed by atoms with Gasteiger partial charge in [0.1, 0.15) is 0 Å². The lowest BCUT2D eigenvalue weighted by atomic mass is 9.86. The van der Waals surface area contributed by atoms with Crippen molar-refractivity contribution < 1.29 is 0 Å². The molecule has 2 aliphatic heterocycles. The molecule has 2 fully saturated rings. The lowest BCUT2D eigenvalue weighted by Gasteiger charge is -2.22. The number of aromatic nitrogens is 1. The van der Waals surface area contributed by atoms with Crippen molar-refractivity contribution >= 4 is 0 Å². The Morgan fingerprint density at radius 1 is 1.25 bits per heavy atom. The third-order valence-corrected chi connectivity index (χ3v) is 4.19. The van der Waals surface area contributed by atoms with Gasteiger partial charge in [0.15, 0.2) is 0 Å². The maximum atomic E-state index is 4.21. The van der Waals surface area contributed by atoms with Crippen LogP contribution in [0.2, 0.25) is 0 Å². The average molecular weight is 216 g/mol. The summed E-state index contributed by atoms with van der Waals surface area (Å²) in [6, 6.07) is 5.86. The van der Waals surface area contributed by atoms with Gasteiger partial charge in [0, 0.05) is 24.5 Å². The number of pyridine rings is 1. The van der Waals surface area contributed by atoms with E-state index in [9.17, 15) is 0 Å². The zero-order chi connectivity index (χ0) is 10.8. The number of rotatable bonds is 2. The minimum Gasteiger partial charge on any atom is -0.311 e. The smallest absolute Gasteiger partial charge is 0.0299 e. The van der Waals surface area contributed by atoms with Crippen LogP contribution in [0.3, 0.4) is 0 Å². The zero-order valence-corrected chi connectivity index (χ0v) is 9.73. The quantitative estimate of drug-likeness (QED) is 0.821. The molecule has 2 saturated heterocycles. The molecule has 1 aromatic heterocycles. The normalized spacial score (nSPS) is 33.6. The number of hydrogen-bond donors (Lipinski definition) is 1. The summed E-state index contributed by atoms with van der Waals surface area (Å²) in [6.07, 6.45) is 12.1. The number of hydrogen-bond acceptors (Lipinski definition) is 2. The van der Waals surface area contributed by atoms with Crippen molar-refractivity contribution in [2.45, 2.75) is 50.6 Å². The predicted molar refractivity (Wildman–Crippen MR) is 65.2 cm³/mol. The first-order chi connectivity index (χ1) is 7.92. The van der Waals surface area contributed by atoms with E-state index < -0.39 is 0 Å². The fourth-order valence-electron chi connectivity index (χ4n) is 3.34. The molecule has 3 heterocycles. The molecule has 2 nitrogen and oxygen atoms in total. The third-order valence-electron chi connectivity index (χ3n) is 4.19. The van der Waals surface area contributed by atoms with Gasteiger partial charge in [-0.05, 0) is 49.7 Å². The van der Waals surface area contributed by atoms with Gasteiger partial charge in [-0.2, -0.15) is 0 Å². The van der Waals surface area contributed by atoms with Gasteiger partial charge in [-0.3, -0.25) is 4.98 Å². The molecule has 86 valence electrons. The highest BCUT2D eigenvalue weighted by Crippen LogP contribution is 2.31. The third kappa shape index (κ3) is 2.12. The van der Waals surface area contributed by atoms with Crippen LogP contribution in [0.25, 0.3) is 0 Å². The summed E-state index contributed by atoms with van der Waals surface area (Å²) in [4.78, 5) is 4.21. The van der Waals surface area contributed by atoms with Crippen molar-refractivity contribution in [1.29, 1.82) is 0 Å². The van der Waals surface area contributed by atoms with Crippen LogP contribution in [-0.4, -0.2) is 17.1 Å². The molecule has 2 heteroatoms. The van der Waals surface area contributed by atoms with Crippen LogP contribution in [0.15, 0.2) is 24.5 Å². The second kappa shape index (κ2) is 4.54. The van der Waals surface area contributed by atoms with E-state index in [1.54, 1.807) is 0 Å². The molecule has 2 aliphatic rings. The summed E-state index contributed by atoms with van der Waals surface area (Å²) in [5.74, 6) is 0.830. The SMILES string of the molecule is c1cncc(CC2CCCC3CCC2N3)c1. The van der Waals surface area contributed by atoms with Gasteiger partial charge in [-0.25, -0.2) is 0 Å². The minimum absolute atomic E-state index is 0.771. The van der Waals surface area contributed by atoms with Crippen LogP contribution in [-0.2, 0) is 6.42 Å². The molecular formula is C14H20N2. The largest absolute Gasteiger partial charge is 0.311 e. The van der Waals surface area contributed by atoms with Crippen LogP contribution >= 0.6 is 0 Å². The van der Waals surface area contributed by atoms with Gasteiger partial charge in [0.05, 0.1) is 0 Å². The van der Waals surface area contributed by atoms with Gasteiger partial charge in [0.25, 0.3) is 0 Å². The summed E-state index contributed by atoms with van der Waals surface area (Å²) in [5, 5.41) is 3.80. The Kier molecular flexibility index (Phi) is 2.92. The Balaban J connectivity index is 1.69. The molecule has 0 aliphatic carbocycles. The van der Waals surface area contributed by atoms with Crippen LogP contribution in [0.5, 0.6) is 0 Å². The van der Waals surface area contributed by atoms with Crippen LogP contribution in [0.1, 0.15) is 37.7 Å². The van der Waals surface area contributed by atoms with Crippen LogP contribution < -0.4 is 5.32 Å². The molecule has 0 radical (unpaired) electrons. The molecule has 0 saturated carbocycles. The Labute approximate surface area is 97.5 Å². The second-order valence-corrected chi connectivity index (χ2v) is 5.30. The van der Waals surface area contributed by atoms with E-state index in [2.05, 4.69) is 22.4 Å². The van der Waals surface area contributed by atoms with Crippen LogP contribution in [0, 0.1) is 5.92 Å². The average Bonchev–Trinajstić information content (AvgIpc) is 2.68. The minimum atomic E-state index is 0.771. The summed E-state index contributed by atoms with van der Waals surface area (Å²) < 4.78 is 0. The van der Waals surface area contributed by atoms with E-state index in [0.29, 0.717) is 0 Å². The Hall–Kier alpha value is -0.890. The van der Waals surface area contributed by atoms with Gasteiger partial charge in [0.2, 0.25) is 0 Å². The van der Waals surface area contributed by atoms with Gasteiger partial charge in [-0.15, -0.1) is 0 Å². The van der Waals surface area contributed by atoms with E-state index in [1.165, 1.54) is 44.1 Å². The van der Waals surface area contributed by atoms with Gasteiger partial charge < -0.3 is 5.32 Å². The molecule has 2 bridgehead atoms. The van der Waals surface area contributed by atoms with E-state index in [-0.39, 0.29) is 0 Å². The molecule has 3 unspecified atom stereocenters. The first-order valence-corrected chi connectivity index (χ1v) is 6.57. The fraction of sp³-hybridized carbons (Fsp3) is 0.643. The van der Waals surface area contributed by atoms with Crippen molar-refractivity contribution in [1.82, 2.24) is 10.3 Å². The first kappa shape index (κ1) is 10.3. The highest BCUT2D eigenvalue weighted by molar-refractivity contribution is 5.10. The topological polar surface area (TPSA) is 24.9 Å². The predicted octanol–water partition coefficient (Wildman–Crippen LogP) is 2.54. The molecule has 3 atom stereocenters. The standard InChI is InChI=1S/C14H20N2/c1-4-12(9-11-3-2-8-15-10-11)14-7-6-13(5-1)16-14/h2-3,8,10,12-14,16H,1,4-7,9H2. The number of nitrogens with one attached hydrogen (secondary N) is 1. The highest BCUT2D eigenvalue weighted by Gasteiger charge is 2.32. The lowest BCUT2D eigenvalue weighted by Crippen LogP contribution is -2.33. The Morgan fingerprint density at radius 2 is 2.25 bits per heavy atom. The molecule has 0 spiro atoms. The Bertz CT molecular complexity index is 336. The second-order valence-electron chi connectivity index (χ2n) is 5.30. The fourth-order valence-corrected chi connectivity index (χ4v) is 3.34.